The van der Waals surface area contributed by atoms with Crippen molar-refractivity contribution < 1.29 is 0 Å². The van der Waals surface area contributed by atoms with Crippen molar-refractivity contribution in [1.82, 2.24) is 9.80 Å². The molecule has 4 unspecified atom stereocenters. The van der Waals surface area contributed by atoms with Gasteiger partial charge < -0.3 is 5.73 Å². The Morgan fingerprint density at radius 3 is 2.74 bits per heavy atom. The summed E-state index contributed by atoms with van der Waals surface area (Å²) in [5.74, 6) is 0.853. The van der Waals surface area contributed by atoms with Crippen LogP contribution in [-0.4, -0.2) is 53.6 Å². The minimum absolute atomic E-state index is 0.311. The molecule has 2 heterocycles. The van der Waals surface area contributed by atoms with E-state index in [1.807, 2.05) is 0 Å². The zero-order valence-corrected chi connectivity index (χ0v) is 12.8. The van der Waals surface area contributed by atoms with E-state index in [2.05, 4.69) is 23.6 Å². The summed E-state index contributed by atoms with van der Waals surface area (Å²) >= 11 is 0. The Bertz CT molecular complexity index is 319. The first-order chi connectivity index (χ1) is 9.14. The van der Waals surface area contributed by atoms with E-state index >= 15 is 0 Å². The fourth-order valence-electron chi connectivity index (χ4n) is 5.04. The standard InChI is InChI=1S/C16H31N3/c1-13-5-3-7-16(9-13,12-17)19-11-15-6-4-8-18(15)10-14(19)2/h13-15H,3-12,17H2,1-2H3. The molecule has 3 fully saturated rings. The van der Waals surface area contributed by atoms with Crippen LogP contribution in [0.4, 0.5) is 0 Å². The molecule has 0 aromatic heterocycles. The van der Waals surface area contributed by atoms with Gasteiger partial charge in [-0.25, -0.2) is 0 Å². The molecule has 2 saturated heterocycles. The lowest BCUT2D eigenvalue weighted by Gasteiger charge is -2.55. The molecule has 4 atom stereocenters. The van der Waals surface area contributed by atoms with Crippen molar-refractivity contribution in [2.24, 2.45) is 11.7 Å². The Kier molecular flexibility index (Phi) is 3.89. The van der Waals surface area contributed by atoms with E-state index < -0.39 is 0 Å². The molecule has 0 aromatic carbocycles. The average molecular weight is 265 g/mol. The highest BCUT2D eigenvalue weighted by Crippen LogP contribution is 2.39. The van der Waals surface area contributed by atoms with Gasteiger partial charge in [-0.1, -0.05) is 19.8 Å². The van der Waals surface area contributed by atoms with E-state index in [1.54, 1.807) is 0 Å². The van der Waals surface area contributed by atoms with Gasteiger partial charge in [0.25, 0.3) is 0 Å². The van der Waals surface area contributed by atoms with Gasteiger partial charge in [0.2, 0.25) is 0 Å². The Labute approximate surface area is 118 Å². The SMILES string of the molecule is CC1CCCC(CN)(N2CC3CCCN3CC2C)C1. The molecule has 19 heavy (non-hydrogen) atoms. The van der Waals surface area contributed by atoms with Crippen LogP contribution in [0, 0.1) is 5.92 Å². The lowest BCUT2D eigenvalue weighted by atomic mass is 9.74. The maximum atomic E-state index is 6.28. The van der Waals surface area contributed by atoms with Gasteiger partial charge >= 0.3 is 0 Å². The Hall–Kier alpha value is -0.120. The first kappa shape index (κ1) is 13.8. The summed E-state index contributed by atoms with van der Waals surface area (Å²) in [6.07, 6.45) is 8.22. The van der Waals surface area contributed by atoms with Gasteiger partial charge in [0.1, 0.15) is 0 Å². The van der Waals surface area contributed by atoms with Gasteiger partial charge in [-0.15, -0.1) is 0 Å². The molecule has 110 valence electrons. The number of fused-ring (bicyclic) bond motifs is 1. The third-order valence-electron chi connectivity index (χ3n) is 5.99. The lowest BCUT2D eigenvalue weighted by molar-refractivity contribution is -0.0457. The van der Waals surface area contributed by atoms with Crippen LogP contribution >= 0.6 is 0 Å². The molecule has 2 aliphatic heterocycles. The molecule has 0 amide bonds. The number of rotatable bonds is 2. The van der Waals surface area contributed by atoms with Crippen LogP contribution in [0.2, 0.25) is 0 Å². The third kappa shape index (κ3) is 2.45. The zero-order chi connectivity index (χ0) is 13.5. The van der Waals surface area contributed by atoms with Crippen molar-refractivity contribution >= 4 is 0 Å². The number of nitrogens with two attached hydrogens (primary N) is 1. The molecule has 1 saturated carbocycles. The molecule has 2 N–H and O–H groups in total. The molecule has 3 nitrogen and oxygen atoms in total. The molecule has 0 aromatic rings. The fourth-order valence-corrected chi connectivity index (χ4v) is 5.04. The number of hydrogen-bond acceptors (Lipinski definition) is 3. The van der Waals surface area contributed by atoms with E-state index in [9.17, 15) is 0 Å². The summed E-state index contributed by atoms with van der Waals surface area (Å²) < 4.78 is 0. The summed E-state index contributed by atoms with van der Waals surface area (Å²) in [4.78, 5) is 5.53. The molecule has 0 bridgehead atoms. The summed E-state index contributed by atoms with van der Waals surface area (Å²) in [5, 5.41) is 0. The highest BCUT2D eigenvalue weighted by Gasteiger charge is 2.45. The predicted octanol–water partition coefficient (Wildman–Crippen LogP) is 2.06. The molecule has 0 spiro atoms. The highest BCUT2D eigenvalue weighted by molar-refractivity contribution is 5.02. The van der Waals surface area contributed by atoms with Crippen LogP contribution in [0.5, 0.6) is 0 Å². The van der Waals surface area contributed by atoms with Gasteiger partial charge in [-0.2, -0.15) is 0 Å². The van der Waals surface area contributed by atoms with Crippen molar-refractivity contribution in [3.05, 3.63) is 0 Å². The predicted molar refractivity (Wildman–Crippen MR) is 80.2 cm³/mol. The molecule has 3 rings (SSSR count). The Balaban J connectivity index is 1.78. The summed E-state index contributed by atoms with van der Waals surface area (Å²) in [5.41, 5.74) is 6.59. The average Bonchev–Trinajstić information content (AvgIpc) is 2.84. The van der Waals surface area contributed by atoms with E-state index in [0.717, 1.165) is 18.5 Å². The molecule has 3 heteroatoms. The second-order valence-electron chi connectivity index (χ2n) is 7.42. The largest absolute Gasteiger partial charge is 0.329 e. The number of hydrogen-bond donors (Lipinski definition) is 1. The third-order valence-corrected chi connectivity index (χ3v) is 5.99. The van der Waals surface area contributed by atoms with Crippen molar-refractivity contribution in [3.8, 4) is 0 Å². The van der Waals surface area contributed by atoms with Gasteiger partial charge in [-0.05, 0) is 45.1 Å². The van der Waals surface area contributed by atoms with Crippen LogP contribution in [-0.2, 0) is 0 Å². The quantitative estimate of drug-likeness (QED) is 0.829. The second kappa shape index (κ2) is 5.34. The molecule has 3 aliphatic rings. The summed E-state index contributed by atoms with van der Waals surface area (Å²) in [7, 11) is 0. The van der Waals surface area contributed by atoms with Crippen LogP contribution in [0.3, 0.4) is 0 Å². The zero-order valence-electron chi connectivity index (χ0n) is 12.8. The van der Waals surface area contributed by atoms with Crippen LogP contribution in [0.1, 0.15) is 52.4 Å². The van der Waals surface area contributed by atoms with Crippen molar-refractivity contribution in [3.63, 3.8) is 0 Å². The summed E-state index contributed by atoms with van der Waals surface area (Å²) in [6, 6.07) is 1.50. The lowest BCUT2D eigenvalue weighted by Crippen LogP contribution is -2.66. The maximum Gasteiger partial charge on any atom is 0.0338 e. The molecular formula is C16H31N3. The van der Waals surface area contributed by atoms with E-state index in [-0.39, 0.29) is 0 Å². The van der Waals surface area contributed by atoms with Crippen LogP contribution in [0.25, 0.3) is 0 Å². The van der Waals surface area contributed by atoms with Crippen molar-refractivity contribution in [2.45, 2.75) is 70.0 Å². The minimum Gasteiger partial charge on any atom is -0.329 e. The second-order valence-corrected chi connectivity index (χ2v) is 7.42. The normalized spacial score (nSPS) is 45.3. The van der Waals surface area contributed by atoms with E-state index in [1.165, 1.54) is 58.2 Å². The van der Waals surface area contributed by atoms with Crippen molar-refractivity contribution in [2.75, 3.05) is 26.2 Å². The number of nitrogens with zero attached hydrogens (tertiary/aromatic N) is 2. The van der Waals surface area contributed by atoms with Gasteiger partial charge in [0, 0.05) is 37.3 Å². The van der Waals surface area contributed by atoms with Gasteiger partial charge in [0.15, 0.2) is 0 Å². The topological polar surface area (TPSA) is 32.5 Å². The van der Waals surface area contributed by atoms with Crippen LogP contribution in [0.15, 0.2) is 0 Å². The van der Waals surface area contributed by atoms with Crippen molar-refractivity contribution in [1.29, 1.82) is 0 Å². The van der Waals surface area contributed by atoms with Gasteiger partial charge in [0.05, 0.1) is 0 Å². The first-order valence-electron chi connectivity index (χ1n) is 8.35. The smallest absolute Gasteiger partial charge is 0.0338 e. The van der Waals surface area contributed by atoms with Gasteiger partial charge in [-0.3, -0.25) is 9.80 Å². The molecular weight excluding hydrogens is 234 g/mol. The van der Waals surface area contributed by atoms with E-state index in [0.29, 0.717) is 11.6 Å². The monoisotopic (exact) mass is 265 g/mol. The fraction of sp³-hybridized carbons (Fsp3) is 1.00. The molecule has 1 aliphatic carbocycles. The molecule has 0 radical (unpaired) electrons. The van der Waals surface area contributed by atoms with Crippen LogP contribution < -0.4 is 5.73 Å². The Morgan fingerprint density at radius 1 is 1.16 bits per heavy atom. The first-order valence-corrected chi connectivity index (χ1v) is 8.35. The Morgan fingerprint density at radius 2 is 2.00 bits per heavy atom. The van der Waals surface area contributed by atoms with E-state index in [4.69, 9.17) is 5.73 Å². The summed E-state index contributed by atoms with van der Waals surface area (Å²) in [6.45, 7) is 9.56. The minimum atomic E-state index is 0.311. The number of piperazine rings is 1. The highest BCUT2D eigenvalue weighted by atomic mass is 15.3. The maximum absolute atomic E-state index is 6.28.